The number of anilines is 2. The Balaban J connectivity index is 1.57. The molecular formula is C18H15N3O3. The lowest BCUT2D eigenvalue weighted by Gasteiger charge is -2.14. The second kappa shape index (κ2) is 5.78. The molecule has 6 heteroatoms. The largest absolute Gasteiger partial charge is 0.493 e. The quantitative estimate of drug-likeness (QED) is 0.890. The lowest BCUT2D eigenvalue weighted by Crippen LogP contribution is -2.20. The Hall–Kier alpha value is -3.20. The molecule has 2 amide bonds. The number of amides is 2. The number of nitrogens with one attached hydrogen (secondary N) is 2. The van der Waals surface area contributed by atoms with E-state index in [1.54, 1.807) is 24.3 Å². The third-order valence-corrected chi connectivity index (χ3v) is 4.16. The molecule has 0 spiro atoms. The maximum Gasteiger partial charge on any atom is 0.323 e. The van der Waals surface area contributed by atoms with Crippen LogP contribution in [0.1, 0.15) is 16.7 Å². The van der Waals surface area contributed by atoms with Gasteiger partial charge in [-0.15, -0.1) is 0 Å². The molecule has 120 valence electrons. The highest BCUT2D eigenvalue weighted by atomic mass is 16.5. The summed E-state index contributed by atoms with van der Waals surface area (Å²) in [5.74, 6) is 1.57. The van der Waals surface area contributed by atoms with E-state index < -0.39 is 0 Å². The number of urea groups is 1. The SMILES string of the molecule is N#Cc1ccc(NC(=O)Nc2c3c(cc4c2OCC4)OCC3)cc1. The number of benzene rings is 2. The van der Waals surface area contributed by atoms with Crippen molar-refractivity contribution in [1.82, 2.24) is 0 Å². The van der Waals surface area contributed by atoms with Crippen molar-refractivity contribution >= 4 is 17.4 Å². The van der Waals surface area contributed by atoms with Gasteiger partial charge in [0.15, 0.2) is 0 Å². The van der Waals surface area contributed by atoms with Crippen LogP contribution in [0.3, 0.4) is 0 Å². The van der Waals surface area contributed by atoms with Crippen LogP contribution in [0.5, 0.6) is 11.5 Å². The van der Waals surface area contributed by atoms with Crippen LogP contribution < -0.4 is 20.1 Å². The fraction of sp³-hybridized carbons (Fsp3) is 0.222. The molecule has 0 unspecified atom stereocenters. The fourth-order valence-corrected chi connectivity index (χ4v) is 3.02. The fourth-order valence-electron chi connectivity index (χ4n) is 3.02. The second-order valence-electron chi connectivity index (χ2n) is 5.68. The average Bonchev–Trinajstić information content (AvgIpc) is 3.24. The highest BCUT2D eigenvalue weighted by molar-refractivity contribution is 6.02. The zero-order valence-electron chi connectivity index (χ0n) is 12.9. The molecule has 24 heavy (non-hydrogen) atoms. The van der Waals surface area contributed by atoms with E-state index in [0.717, 1.165) is 35.5 Å². The second-order valence-corrected chi connectivity index (χ2v) is 5.68. The number of hydrogen-bond donors (Lipinski definition) is 2. The van der Waals surface area contributed by atoms with Crippen LogP contribution in [-0.2, 0) is 12.8 Å². The van der Waals surface area contributed by atoms with E-state index in [-0.39, 0.29) is 6.03 Å². The van der Waals surface area contributed by atoms with Crippen LogP contribution in [0.2, 0.25) is 0 Å². The first kappa shape index (κ1) is 14.4. The molecule has 0 radical (unpaired) electrons. The third-order valence-electron chi connectivity index (χ3n) is 4.16. The normalized spacial score (nSPS) is 14.0. The number of hydrogen-bond acceptors (Lipinski definition) is 4. The maximum atomic E-state index is 12.4. The first-order valence-electron chi connectivity index (χ1n) is 7.77. The first-order valence-corrected chi connectivity index (χ1v) is 7.77. The molecular weight excluding hydrogens is 306 g/mol. The molecule has 2 heterocycles. The molecule has 6 nitrogen and oxygen atoms in total. The Morgan fingerprint density at radius 2 is 1.88 bits per heavy atom. The van der Waals surface area contributed by atoms with Gasteiger partial charge in [-0.1, -0.05) is 0 Å². The zero-order valence-corrected chi connectivity index (χ0v) is 12.9. The van der Waals surface area contributed by atoms with Crippen molar-refractivity contribution < 1.29 is 14.3 Å². The molecule has 0 atom stereocenters. The lowest BCUT2D eigenvalue weighted by molar-refractivity contribution is 0.262. The van der Waals surface area contributed by atoms with Gasteiger partial charge in [0.05, 0.1) is 30.5 Å². The summed E-state index contributed by atoms with van der Waals surface area (Å²) in [7, 11) is 0. The van der Waals surface area contributed by atoms with Crippen molar-refractivity contribution in [3.8, 4) is 17.6 Å². The van der Waals surface area contributed by atoms with Crippen LogP contribution in [0.15, 0.2) is 30.3 Å². The van der Waals surface area contributed by atoms with Crippen molar-refractivity contribution in [2.45, 2.75) is 12.8 Å². The van der Waals surface area contributed by atoms with E-state index in [9.17, 15) is 4.79 Å². The van der Waals surface area contributed by atoms with E-state index in [1.165, 1.54) is 0 Å². The predicted molar refractivity (Wildman–Crippen MR) is 88.6 cm³/mol. The van der Waals surface area contributed by atoms with Gasteiger partial charge >= 0.3 is 6.03 Å². The molecule has 4 rings (SSSR count). The van der Waals surface area contributed by atoms with E-state index in [2.05, 4.69) is 10.6 Å². The molecule has 2 aromatic carbocycles. The number of carbonyl (C=O) groups excluding carboxylic acids is 1. The molecule has 0 fully saturated rings. The highest BCUT2D eigenvalue weighted by Gasteiger charge is 2.27. The van der Waals surface area contributed by atoms with Crippen LogP contribution >= 0.6 is 0 Å². The Labute approximate surface area is 139 Å². The van der Waals surface area contributed by atoms with Gasteiger partial charge in [-0.3, -0.25) is 0 Å². The first-order chi connectivity index (χ1) is 11.7. The summed E-state index contributed by atoms with van der Waals surface area (Å²) in [6.07, 6.45) is 1.57. The monoisotopic (exact) mass is 321 g/mol. The van der Waals surface area contributed by atoms with Gasteiger partial charge in [0.25, 0.3) is 0 Å². The number of fused-ring (bicyclic) bond motifs is 2. The van der Waals surface area contributed by atoms with E-state index >= 15 is 0 Å². The topological polar surface area (TPSA) is 83.4 Å². The maximum absolute atomic E-state index is 12.4. The van der Waals surface area contributed by atoms with Crippen molar-refractivity contribution in [3.63, 3.8) is 0 Å². The molecule has 2 aliphatic heterocycles. The molecule has 2 aliphatic rings. The van der Waals surface area contributed by atoms with Crippen LogP contribution in [0, 0.1) is 11.3 Å². The predicted octanol–water partition coefficient (Wildman–Crippen LogP) is 3.07. The summed E-state index contributed by atoms with van der Waals surface area (Å²) in [5, 5.41) is 14.5. The number of nitrogens with zero attached hydrogens (tertiary/aromatic N) is 1. The van der Waals surface area contributed by atoms with Gasteiger partial charge in [-0.25, -0.2) is 4.79 Å². The van der Waals surface area contributed by atoms with Crippen molar-refractivity contribution in [2.75, 3.05) is 23.8 Å². The number of rotatable bonds is 2. The van der Waals surface area contributed by atoms with Crippen LogP contribution in [-0.4, -0.2) is 19.2 Å². The summed E-state index contributed by atoms with van der Waals surface area (Å²) < 4.78 is 11.3. The van der Waals surface area contributed by atoms with E-state index in [4.69, 9.17) is 14.7 Å². The molecule has 2 aromatic rings. The minimum Gasteiger partial charge on any atom is -0.493 e. The van der Waals surface area contributed by atoms with Gasteiger partial charge in [-0.2, -0.15) is 5.26 Å². The molecule has 0 saturated heterocycles. The summed E-state index contributed by atoms with van der Waals surface area (Å²) >= 11 is 0. The van der Waals surface area contributed by atoms with Crippen LogP contribution in [0.4, 0.5) is 16.2 Å². The zero-order chi connectivity index (χ0) is 16.5. The Kier molecular flexibility index (Phi) is 3.47. The minimum atomic E-state index is -0.349. The van der Waals surface area contributed by atoms with Gasteiger partial charge in [0, 0.05) is 29.7 Å². The van der Waals surface area contributed by atoms with Gasteiger partial charge in [-0.05, 0) is 30.3 Å². The Morgan fingerprint density at radius 3 is 2.67 bits per heavy atom. The summed E-state index contributed by atoms with van der Waals surface area (Å²) in [4.78, 5) is 12.4. The lowest BCUT2D eigenvalue weighted by atomic mass is 10.0. The molecule has 0 aliphatic carbocycles. The number of carbonyl (C=O) groups is 1. The number of ether oxygens (including phenoxy) is 2. The standard InChI is InChI=1S/C18H15N3O3/c19-10-11-1-3-13(4-2-11)20-18(22)21-16-14-6-8-23-15(14)9-12-5-7-24-17(12)16/h1-4,9H,5-8H2,(H2,20,21,22). The van der Waals surface area contributed by atoms with E-state index in [0.29, 0.717) is 30.2 Å². The number of nitriles is 1. The highest BCUT2D eigenvalue weighted by Crippen LogP contribution is 2.44. The smallest absolute Gasteiger partial charge is 0.323 e. The molecule has 0 saturated carbocycles. The van der Waals surface area contributed by atoms with Gasteiger partial charge in [0.1, 0.15) is 11.5 Å². The van der Waals surface area contributed by atoms with Crippen LogP contribution in [0.25, 0.3) is 0 Å². The van der Waals surface area contributed by atoms with Crippen molar-refractivity contribution in [3.05, 3.63) is 47.0 Å². The molecule has 0 bridgehead atoms. The van der Waals surface area contributed by atoms with E-state index in [1.807, 2.05) is 12.1 Å². The molecule has 2 N–H and O–H groups in total. The Bertz CT molecular complexity index is 821. The van der Waals surface area contributed by atoms with Gasteiger partial charge < -0.3 is 20.1 Å². The summed E-state index contributed by atoms with van der Waals surface area (Å²) in [5.41, 5.74) is 3.90. The molecule has 0 aromatic heterocycles. The minimum absolute atomic E-state index is 0.349. The third kappa shape index (κ3) is 2.50. The average molecular weight is 321 g/mol. The summed E-state index contributed by atoms with van der Waals surface area (Å²) in [6.45, 7) is 1.23. The van der Waals surface area contributed by atoms with Crippen molar-refractivity contribution in [1.29, 1.82) is 5.26 Å². The van der Waals surface area contributed by atoms with Crippen molar-refractivity contribution in [2.24, 2.45) is 0 Å². The summed E-state index contributed by atoms with van der Waals surface area (Å²) in [6, 6.07) is 10.4. The Morgan fingerprint density at radius 1 is 1.08 bits per heavy atom. The van der Waals surface area contributed by atoms with Gasteiger partial charge in [0.2, 0.25) is 0 Å².